The summed E-state index contributed by atoms with van der Waals surface area (Å²) in [6.07, 6.45) is 3.88. The number of benzene rings is 1. The maximum atomic E-state index is 5.51. The highest BCUT2D eigenvalue weighted by Crippen LogP contribution is 2.22. The topological polar surface area (TPSA) is 43.8 Å². The molecular weight excluding hydrogens is 198 g/mol. The second kappa shape index (κ2) is 4.49. The fraction of sp³-hybridized carbons (Fsp3) is 0.308. The molecule has 0 aliphatic carbocycles. The van der Waals surface area contributed by atoms with Crippen LogP contribution in [-0.4, -0.2) is 16.1 Å². The van der Waals surface area contributed by atoms with Crippen molar-refractivity contribution in [2.45, 2.75) is 20.4 Å². The second-order valence-corrected chi connectivity index (χ2v) is 4.10. The lowest BCUT2D eigenvalue weighted by atomic mass is 10.0. The molecule has 1 heterocycles. The monoisotopic (exact) mass is 215 g/mol. The summed E-state index contributed by atoms with van der Waals surface area (Å²) in [4.78, 5) is 4.40. The van der Waals surface area contributed by atoms with E-state index in [1.54, 1.807) is 0 Å². The van der Waals surface area contributed by atoms with Crippen LogP contribution in [0.1, 0.15) is 11.1 Å². The van der Waals surface area contributed by atoms with Gasteiger partial charge in [-0.15, -0.1) is 0 Å². The van der Waals surface area contributed by atoms with E-state index in [4.69, 9.17) is 5.73 Å². The first-order valence-electron chi connectivity index (χ1n) is 5.50. The normalized spacial score (nSPS) is 10.7. The highest BCUT2D eigenvalue weighted by molar-refractivity contribution is 5.63. The number of aryl methyl sites for hydroxylation is 2. The highest BCUT2D eigenvalue weighted by atomic mass is 15.0. The Balaban J connectivity index is 2.35. The van der Waals surface area contributed by atoms with E-state index in [2.05, 4.69) is 37.0 Å². The fourth-order valence-corrected chi connectivity index (χ4v) is 1.87. The van der Waals surface area contributed by atoms with Gasteiger partial charge in [0.25, 0.3) is 0 Å². The molecule has 3 heteroatoms. The van der Waals surface area contributed by atoms with E-state index in [1.165, 1.54) is 16.7 Å². The van der Waals surface area contributed by atoms with Gasteiger partial charge in [-0.3, -0.25) is 0 Å². The molecule has 2 aromatic rings. The summed E-state index contributed by atoms with van der Waals surface area (Å²) < 4.78 is 2.02. The third-order valence-corrected chi connectivity index (χ3v) is 2.68. The number of hydrogen-bond acceptors (Lipinski definition) is 2. The van der Waals surface area contributed by atoms with Gasteiger partial charge in [0.05, 0.1) is 12.0 Å². The lowest BCUT2D eigenvalue weighted by Gasteiger charge is -2.03. The zero-order valence-corrected chi connectivity index (χ0v) is 9.77. The van der Waals surface area contributed by atoms with Crippen molar-refractivity contribution in [1.82, 2.24) is 9.55 Å². The van der Waals surface area contributed by atoms with Crippen LogP contribution in [0, 0.1) is 13.8 Å². The summed E-state index contributed by atoms with van der Waals surface area (Å²) in [6, 6.07) is 6.42. The van der Waals surface area contributed by atoms with E-state index >= 15 is 0 Å². The molecule has 2 rings (SSSR count). The van der Waals surface area contributed by atoms with Gasteiger partial charge in [0.1, 0.15) is 0 Å². The van der Waals surface area contributed by atoms with Crippen LogP contribution in [-0.2, 0) is 6.54 Å². The van der Waals surface area contributed by atoms with Crippen molar-refractivity contribution in [3.63, 3.8) is 0 Å². The minimum absolute atomic E-state index is 0.642. The summed E-state index contributed by atoms with van der Waals surface area (Å²) in [5.41, 5.74) is 10.3. The third-order valence-electron chi connectivity index (χ3n) is 2.68. The van der Waals surface area contributed by atoms with Crippen LogP contribution in [0.25, 0.3) is 11.3 Å². The summed E-state index contributed by atoms with van der Waals surface area (Å²) in [5, 5.41) is 0. The van der Waals surface area contributed by atoms with Gasteiger partial charge in [-0.2, -0.15) is 0 Å². The van der Waals surface area contributed by atoms with Gasteiger partial charge in [-0.05, 0) is 19.4 Å². The molecule has 3 nitrogen and oxygen atoms in total. The number of nitrogens with two attached hydrogens (primary N) is 1. The average Bonchev–Trinajstić information content (AvgIpc) is 2.67. The lowest BCUT2D eigenvalue weighted by Crippen LogP contribution is -2.07. The van der Waals surface area contributed by atoms with Gasteiger partial charge in [0.2, 0.25) is 0 Å². The van der Waals surface area contributed by atoms with Crippen LogP contribution >= 0.6 is 0 Å². The van der Waals surface area contributed by atoms with Crippen molar-refractivity contribution >= 4 is 0 Å². The molecule has 1 aromatic carbocycles. The van der Waals surface area contributed by atoms with Crippen molar-refractivity contribution in [2.24, 2.45) is 5.73 Å². The first-order chi connectivity index (χ1) is 7.70. The molecule has 0 spiro atoms. The Morgan fingerprint density at radius 1 is 1.31 bits per heavy atom. The molecule has 1 aromatic heterocycles. The van der Waals surface area contributed by atoms with Crippen LogP contribution in [0.2, 0.25) is 0 Å². The Hall–Kier alpha value is -1.61. The van der Waals surface area contributed by atoms with E-state index in [0.29, 0.717) is 6.54 Å². The van der Waals surface area contributed by atoms with Gasteiger partial charge in [0.15, 0.2) is 0 Å². The quantitative estimate of drug-likeness (QED) is 0.852. The van der Waals surface area contributed by atoms with Crippen molar-refractivity contribution in [2.75, 3.05) is 6.54 Å². The van der Waals surface area contributed by atoms with Gasteiger partial charge in [0, 0.05) is 24.8 Å². The molecule has 0 fully saturated rings. The van der Waals surface area contributed by atoms with E-state index < -0.39 is 0 Å². The maximum Gasteiger partial charge on any atom is 0.0954 e. The third kappa shape index (κ3) is 2.14. The van der Waals surface area contributed by atoms with Gasteiger partial charge in [-0.1, -0.05) is 23.8 Å². The van der Waals surface area contributed by atoms with Crippen LogP contribution < -0.4 is 5.73 Å². The zero-order chi connectivity index (χ0) is 11.5. The van der Waals surface area contributed by atoms with Crippen LogP contribution in [0.4, 0.5) is 0 Å². The van der Waals surface area contributed by atoms with E-state index in [1.807, 2.05) is 17.1 Å². The Morgan fingerprint density at radius 3 is 2.81 bits per heavy atom. The Kier molecular flexibility index (Phi) is 3.06. The smallest absolute Gasteiger partial charge is 0.0954 e. The second-order valence-electron chi connectivity index (χ2n) is 4.10. The Morgan fingerprint density at radius 2 is 2.12 bits per heavy atom. The number of nitrogens with zero attached hydrogens (tertiary/aromatic N) is 2. The largest absolute Gasteiger partial charge is 0.336 e. The summed E-state index contributed by atoms with van der Waals surface area (Å²) in [6.45, 7) is 5.68. The van der Waals surface area contributed by atoms with Gasteiger partial charge in [-0.25, -0.2) is 4.98 Å². The predicted octanol–water partition coefficient (Wildman–Crippen LogP) is 2.13. The maximum absolute atomic E-state index is 5.51. The molecule has 0 amide bonds. The molecule has 0 saturated heterocycles. The van der Waals surface area contributed by atoms with E-state index in [-0.39, 0.29) is 0 Å². The van der Waals surface area contributed by atoms with Crippen molar-refractivity contribution in [3.8, 4) is 11.3 Å². The zero-order valence-electron chi connectivity index (χ0n) is 9.77. The summed E-state index contributed by atoms with van der Waals surface area (Å²) in [7, 11) is 0. The molecule has 0 aliphatic heterocycles. The Bertz CT molecular complexity index is 486. The molecule has 2 N–H and O–H groups in total. The minimum Gasteiger partial charge on any atom is -0.336 e. The van der Waals surface area contributed by atoms with E-state index in [9.17, 15) is 0 Å². The average molecular weight is 215 g/mol. The van der Waals surface area contributed by atoms with Gasteiger partial charge >= 0.3 is 0 Å². The molecule has 0 atom stereocenters. The highest BCUT2D eigenvalue weighted by Gasteiger charge is 2.05. The molecular formula is C13H17N3. The Labute approximate surface area is 95.9 Å². The number of imidazole rings is 1. The van der Waals surface area contributed by atoms with Crippen molar-refractivity contribution < 1.29 is 0 Å². The SMILES string of the molecule is Cc1ccc(-c2cn(CCN)cn2)c(C)c1. The number of hydrogen-bond donors (Lipinski definition) is 1. The molecule has 0 saturated carbocycles. The van der Waals surface area contributed by atoms with Crippen LogP contribution in [0.5, 0.6) is 0 Å². The molecule has 0 bridgehead atoms. The summed E-state index contributed by atoms with van der Waals surface area (Å²) in [5.74, 6) is 0. The molecule has 0 unspecified atom stereocenters. The molecule has 0 radical (unpaired) electrons. The molecule has 0 aliphatic rings. The first-order valence-corrected chi connectivity index (χ1v) is 5.50. The van der Waals surface area contributed by atoms with Crippen LogP contribution in [0.3, 0.4) is 0 Å². The fourth-order valence-electron chi connectivity index (χ4n) is 1.87. The van der Waals surface area contributed by atoms with Gasteiger partial charge < -0.3 is 10.3 Å². The number of rotatable bonds is 3. The molecule has 16 heavy (non-hydrogen) atoms. The minimum atomic E-state index is 0.642. The first kappa shape index (κ1) is 10.9. The summed E-state index contributed by atoms with van der Waals surface area (Å²) >= 11 is 0. The van der Waals surface area contributed by atoms with Crippen molar-refractivity contribution in [1.29, 1.82) is 0 Å². The lowest BCUT2D eigenvalue weighted by molar-refractivity contribution is 0.708. The molecule has 84 valence electrons. The van der Waals surface area contributed by atoms with E-state index in [0.717, 1.165) is 12.2 Å². The number of aromatic nitrogens is 2. The predicted molar refractivity (Wildman–Crippen MR) is 66.2 cm³/mol. The van der Waals surface area contributed by atoms with Crippen LogP contribution in [0.15, 0.2) is 30.7 Å². The van der Waals surface area contributed by atoms with Crippen molar-refractivity contribution in [3.05, 3.63) is 41.9 Å². The standard InChI is InChI=1S/C13H17N3/c1-10-3-4-12(11(2)7-10)13-8-16(6-5-14)9-15-13/h3-4,7-9H,5-6,14H2,1-2H3.